The van der Waals surface area contributed by atoms with Crippen LogP contribution in [-0.2, 0) is 24.4 Å². The third kappa shape index (κ3) is 4.74. The molecule has 156 valence electrons. The van der Waals surface area contributed by atoms with Gasteiger partial charge in [-0.1, -0.05) is 48.5 Å². The van der Waals surface area contributed by atoms with Crippen LogP contribution in [0.1, 0.15) is 30.9 Å². The van der Waals surface area contributed by atoms with E-state index in [2.05, 4.69) is 33.5 Å². The van der Waals surface area contributed by atoms with Gasteiger partial charge in [0.25, 0.3) is 5.56 Å². The van der Waals surface area contributed by atoms with Gasteiger partial charge in [-0.15, -0.1) is 5.10 Å². The number of piperidine rings is 1. The number of fused-ring (bicyclic) bond motifs is 1. The smallest absolute Gasteiger partial charge is 0.278 e. The van der Waals surface area contributed by atoms with E-state index in [9.17, 15) is 9.59 Å². The third-order valence-electron chi connectivity index (χ3n) is 5.65. The Balaban J connectivity index is 1.40. The summed E-state index contributed by atoms with van der Waals surface area (Å²) in [7, 11) is 0. The van der Waals surface area contributed by atoms with E-state index in [0.717, 1.165) is 35.8 Å². The van der Waals surface area contributed by atoms with Crippen molar-refractivity contribution in [3.05, 3.63) is 70.0 Å². The summed E-state index contributed by atoms with van der Waals surface area (Å²) in [6.45, 7) is 5.71. The summed E-state index contributed by atoms with van der Waals surface area (Å²) in [5.74, 6) is 0.468. The Morgan fingerprint density at radius 2 is 1.90 bits per heavy atom. The topological polar surface area (TPSA) is 80.1 Å². The van der Waals surface area contributed by atoms with Crippen LogP contribution in [-0.4, -0.2) is 38.9 Å². The lowest BCUT2D eigenvalue weighted by Gasteiger charge is -2.31. The fourth-order valence-electron chi connectivity index (χ4n) is 4.07. The van der Waals surface area contributed by atoms with E-state index in [4.69, 9.17) is 0 Å². The van der Waals surface area contributed by atoms with Crippen molar-refractivity contribution in [1.29, 1.82) is 0 Å². The first-order chi connectivity index (χ1) is 14.6. The predicted octanol–water partition coefficient (Wildman–Crippen LogP) is 2.34. The lowest BCUT2D eigenvalue weighted by Crippen LogP contribution is -2.35. The molecule has 1 fully saturated rings. The summed E-state index contributed by atoms with van der Waals surface area (Å²) in [6, 6.07) is 15.2. The number of rotatable bonds is 6. The van der Waals surface area contributed by atoms with Crippen LogP contribution in [0.4, 0.5) is 0 Å². The lowest BCUT2D eigenvalue weighted by molar-refractivity contribution is -0.122. The Kier molecular flexibility index (Phi) is 6.18. The molecular formula is C23H27N5O2. The largest absolute Gasteiger partial charge is 0.350 e. The van der Waals surface area contributed by atoms with Gasteiger partial charge in [0.15, 0.2) is 0 Å². The van der Waals surface area contributed by atoms with Gasteiger partial charge in [-0.3, -0.25) is 14.5 Å². The van der Waals surface area contributed by atoms with Crippen LogP contribution in [0, 0.1) is 5.92 Å². The molecule has 1 aliphatic rings. The summed E-state index contributed by atoms with van der Waals surface area (Å²) >= 11 is 0. The number of hydrogen-bond acceptors (Lipinski definition) is 5. The van der Waals surface area contributed by atoms with Crippen molar-refractivity contribution in [1.82, 2.24) is 25.2 Å². The van der Waals surface area contributed by atoms with Crippen molar-refractivity contribution in [2.24, 2.45) is 5.92 Å². The van der Waals surface area contributed by atoms with Crippen molar-refractivity contribution in [2.75, 3.05) is 13.1 Å². The molecule has 1 aromatic heterocycles. The zero-order valence-corrected chi connectivity index (χ0v) is 17.3. The highest BCUT2D eigenvalue weighted by Crippen LogP contribution is 2.19. The van der Waals surface area contributed by atoms with Gasteiger partial charge in [0.05, 0.1) is 5.39 Å². The first kappa shape index (κ1) is 20.2. The van der Waals surface area contributed by atoms with E-state index >= 15 is 0 Å². The van der Waals surface area contributed by atoms with E-state index in [1.807, 2.05) is 18.2 Å². The van der Waals surface area contributed by atoms with E-state index in [-0.39, 0.29) is 18.0 Å². The van der Waals surface area contributed by atoms with Crippen LogP contribution in [0.15, 0.2) is 53.3 Å². The van der Waals surface area contributed by atoms with Gasteiger partial charge < -0.3 is 5.32 Å². The number of nitrogens with zero attached hydrogens (tertiary/aromatic N) is 4. The highest BCUT2D eigenvalue weighted by atomic mass is 16.2. The molecule has 1 amide bonds. The van der Waals surface area contributed by atoms with Gasteiger partial charge in [-0.05, 0) is 48.6 Å². The van der Waals surface area contributed by atoms with Crippen LogP contribution in [0.3, 0.4) is 0 Å². The van der Waals surface area contributed by atoms with Gasteiger partial charge in [0.2, 0.25) is 5.91 Å². The molecule has 2 heterocycles. The van der Waals surface area contributed by atoms with Gasteiger partial charge in [0.1, 0.15) is 12.1 Å². The molecule has 0 saturated carbocycles. The molecular weight excluding hydrogens is 378 g/mol. The van der Waals surface area contributed by atoms with Crippen molar-refractivity contribution in [3.63, 3.8) is 0 Å². The highest BCUT2D eigenvalue weighted by Gasteiger charge is 2.17. The molecule has 0 radical (unpaired) electrons. The summed E-state index contributed by atoms with van der Waals surface area (Å²) in [4.78, 5) is 27.5. The number of aromatic nitrogens is 3. The zero-order chi connectivity index (χ0) is 20.9. The molecule has 0 spiro atoms. The average molecular weight is 406 g/mol. The Bertz CT molecular complexity index is 1090. The summed E-state index contributed by atoms with van der Waals surface area (Å²) in [5, 5.41) is 11.3. The Labute approximate surface area is 175 Å². The average Bonchev–Trinajstić information content (AvgIpc) is 2.75. The SMILES string of the molecule is C[C@H]1CCCN(Cc2ccccc2CNC(=O)Cn2nnc3ccccc3c2=O)C1. The quantitative estimate of drug-likeness (QED) is 0.681. The summed E-state index contributed by atoms with van der Waals surface area (Å²) in [6.07, 6.45) is 2.53. The van der Waals surface area contributed by atoms with Gasteiger partial charge in [0, 0.05) is 19.6 Å². The predicted molar refractivity (Wildman–Crippen MR) is 116 cm³/mol. The van der Waals surface area contributed by atoms with E-state index < -0.39 is 0 Å². The second kappa shape index (κ2) is 9.17. The first-order valence-corrected chi connectivity index (χ1v) is 10.5. The number of nitrogens with one attached hydrogen (secondary N) is 1. The fraction of sp³-hybridized carbons (Fsp3) is 0.391. The Hall–Kier alpha value is -3.06. The molecule has 3 aromatic rings. The fourth-order valence-corrected chi connectivity index (χ4v) is 4.07. The monoisotopic (exact) mass is 405 g/mol. The second-order valence-electron chi connectivity index (χ2n) is 8.10. The van der Waals surface area contributed by atoms with Crippen molar-refractivity contribution in [2.45, 2.75) is 39.4 Å². The van der Waals surface area contributed by atoms with Crippen LogP contribution >= 0.6 is 0 Å². The van der Waals surface area contributed by atoms with Gasteiger partial charge in [-0.2, -0.15) is 0 Å². The number of carbonyl (C=O) groups excluding carboxylic acids is 1. The zero-order valence-electron chi connectivity index (χ0n) is 17.3. The third-order valence-corrected chi connectivity index (χ3v) is 5.65. The van der Waals surface area contributed by atoms with Crippen molar-refractivity contribution in [3.8, 4) is 0 Å². The maximum atomic E-state index is 12.5. The van der Waals surface area contributed by atoms with E-state index in [1.165, 1.54) is 18.4 Å². The standard InChI is InChI=1S/C23H27N5O2/c1-17-7-6-12-27(14-17)15-19-9-3-2-8-18(19)13-24-22(29)16-28-23(30)20-10-4-5-11-21(20)25-26-28/h2-5,8-11,17H,6-7,12-16H2,1H3,(H,24,29)/t17-/m0/s1. The van der Waals surface area contributed by atoms with Crippen LogP contribution in [0.2, 0.25) is 0 Å². The highest BCUT2D eigenvalue weighted by molar-refractivity contribution is 5.78. The molecule has 2 aromatic carbocycles. The minimum absolute atomic E-state index is 0.150. The Morgan fingerprint density at radius 3 is 2.73 bits per heavy atom. The summed E-state index contributed by atoms with van der Waals surface area (Å²) in [5.41, 5.74) is 2.55. The normalized spacial score (nSPS) is 17.2. The molecule has 7 heteroatoms. The summed E-state index contributed by atoms with van der Waals surface area (Å²) < 4.78 is 1.11. The molecule has 1 saturated heterocycles. The molecule has 30 heavy (non-hydrogen) atoms. The first-order valence-electron chi connectivity index (χ1n) is 10.5. The van der Waals surface area contributed by atoms with Crippen LogP contribution < -0.4 is 10.9 Å². The number of hydrogen-bond donors (Lipinski definition) is 1. The van der Waals surface area contributed by atoms with Crippen molar-refractivity contribution >= 4 is 16.8 Å². The number of likely N-dealkylation sites (tertiary alicyclic amines) is 1. The molecule has 0 unspecified atom stereocenters. The van der Waals surface area contributed by atoms with Gasteiger partial charge >= 0.3 is 0 Å². The number of carbonyl (C=O) groups is 1. The number of benzene rings is 2. The molecule has 1 N–H and O–H groups in total. The van der Waals surface area contributed by atoms with E-state index in [1.54, 1.807) is 24.3 Å². The van der Waals surface area contributed by atoms with Crippen LogP contribution in [0.5, 0.6) is 0 Å². The lowest BCUT2D eigenvalue weighted by atomic mass is 9.99. The molecule has 4 rings (SSSR count). The van der Waals surface area contributed by atoms with Crippen molar-refractivity contribution < 1.29 is 4.79 Å². The van der Waals surface area contributed by atoms with E-state index in [0.29, 0.717) is 17.4 Å². The minimum atomic E-state index is -0.310. The molecule has 0 bridgehead atoms. The molecule has 1 atom stereocenters. The maximum absolute atomic E-state index is 12.5. The number of amides is 1. The second-order valence-corrected chi connectivity index (χ2v) is 8.10. The van der Waals surface area contributed by atoms with Crippen LogP contribution in [0.25, 0.3) is 10.9 Å². The Morgan fingerprint density at radius 1 is 1.13 bits per heavy atom. The minimum Gasteiger partial charge on any atom is -0.350 e. The molecule has 0 aliphatic carbocycles. The molecule has 1 aliphatic heterocycles. The molecule has 7 nitrogen and oxygen atoms in total. The van der Waals surface area contributed by atoms with Gasteiger partial charge in [-0.25, -0.2) is 4.68 Å². The maximum Gasteiger partial charge on any atom is 0.278 e.